The third-order valence-electron chi connectivity index (χ3n) is 3.45. The van der Waals surface area contributed by atoms with Crippen molar-refractivity contribution in [1.82, 2.24) is 0 Å². The van der Waals surface area contributed by atoms with Gasteiger partial charge in [-0.3, -0.25) is 4.99 Å². The number of rotatable bonds is 4. The highest BCUT2D eigenvalue weighted by atomic mass is 79.9. The monoisotopic (exact) mass is 321 g/mol. The minimum Gasteiger partial charge on any atom is -0.382 e. The van der Waals surface area contributed by atoms with E-state index in [1.165, 1.54) is 22.3 Å². The Balaban J connectivity index is 2.47. The molecule has 1 aromatic carbocycles. The van der Waals surface area contributed by atoms with Gasteiger partial charge in [0.1, 0.15) is 5.54 Å². The van der Waals surface area contributed by atoms with E-state index in [-0.39, 0.29) is 5.54 Å². The van der Waals surface area contributed by atoms with Crippen LogP contribution in [0.3, 0.4) is 0 Å². The molecule has 1 atom stereocenters. The Morgan fingerprint density at radius 2 is 2.11 bits per heavy atom. The quantitative estimate of drug-likeness (QED) is 0.814. The van der Waals surface area contributed by atoms with Crippen LogP contribution in [0.1, 0.15) is 30.5 Å². The second-order valence-electron chi connectivity index (χ2n) is 5.26. The summed E-state index contributed by atoms with van der Waals surface area (Å²) in [5.41, 5.74) is 4.93. The molecule has 1 aliphatic heterocycles. The third-order valence-corrected chi connectivity index (χ3v) is 3.91. The molecule has 0 fully saturated rings. The second kappa shape index (κ2) is 5.59. The van der Waals surface area contributed by atoms with Crippen LogP contribution < -0.4 is 0 Å². The van der Waals surface area contributed by atoms with Crippen molar-refractivity contribution >= 4 is 27.7 Å². The van der Waals surface area contributed by atoms with Crippen molar-refractivity contribution in [3.05, 3.63) is 39.4 Å². The molecule has 1 aromatic rings. The van der Waals surface area contributed by atoms with Crippen molar-refractivity contribution in [3.8, 4) is 0 Å². The molecular weight excluding hydrogens is 302 g/mol. The number of benzene rings is 1. The Bertz CT molecular complexity index is 548. The second-order valence-corrected chi connectivity index (χ2v) is 6.17. The normalized spacial score (nSPS) is 21.8. The molecule has 102 valence electrons. The van der Waals surface area contributed by atoms with E-state index in [4.69, 9.17) is 4.74 Å². The van der Waals surface area contributed by atoms with Crippen molar-refractivity contribution in [3.63, 3.8) is 0 Å². The zero-order valence-electron chi connectivity index (χ0n) is 12.0. The predicted octanol–water partition coefficient (Wildman–Crippen LogP) is 4.19. The van der Waals surface area contributed by atoms with E-state index in [1.54, 1.807) is 7.11 Å². The fourth-order valence-corrected chi connectivity index (χ4v) is 3.26. The first-order chi connectivity index (χ1) is 8.99. The maximum atomic E-state index is 5.25. The number of halogens is 1. The lowest BCUT2D eigenvalue weighted by Crippen LogP contribution is -2.23. The SMILES string of the molecule is CCc1cc(Br)cc(C)c1C1=CC(C)(COC)N=C1. The molecule has 0 saturated carbocycles. The molecule has 1 unspecified atom stereocenters. The molecule has 0 aliphatic carbocycles. The molecule has 2 nitrogen and oxygen atoms in total. The summed E-state index contributed by atoms with van der Waals surface area (Å²) in [6, 6.07) is 4.36. The molecule has 0 N–H and O–H groups in total. The molecule has 3 heteroatoms. The van der Waals surface area contributed by atoms with Crippen LogP contribution in [0.5, 0.6) is 0 Å². The number of methoxy groups -OCH3 is 1. The maximum Gasteiger partial charge on any atom is 0.100 e. The minimum atomic E-state index is -0.228. The number of aryl methyl sites for hydroxylation is 2. The third kappa shape index (κ3) is 2.98. The minimum absolute atomic E-state index is 0.228. The van der Waals surface area contributed by atoms with Gasteiger partial charge in [-0.25, -0.2) is 0 Å². The van der Waals surface area contributed by atoms with Crippen LogP contribution in [0.2, 0.25) is 0 Å². The Morgan fingerprint density at radius 1 is 1.37 bits per heavy atom. The summed E-state index contributed by atoms with van der Waals surface area (Å²) < 4.78 is 6.39. The topological polar surface area (TPSA) is 21.6 Å². The van der Waals surface area contributed by atoms with Crippen LogP contribution >= 0.6 is 15.9 Å². The number of nitrogens with zero attached hydrogens (tertiary/aromatic N) is 1. The van der Waals surface area contributed by atoms with Gasteiger partial charge in [0, 0.05) is 17.8 Å². The van der Waals surface area contributed by atoms with Gasteiger partial charge in [-0.1, -0.05) is 22.9 Å². The average molecular weight is 322 g/mol. The van der Waals surface area contributed by atoms with Gasteiger partial charge >= 0.3 is 0 Å². The predicted molar refractivity (Wildman–Crippen MR) is 85.0 cm³/mol. The van der Waals surface area contributed by atoms with E-state index in [9.17, 15) is 0 Å². The van der Waals surface area contributed by atoms with E-state index in [2.05, 4.69) is 59.9 Å². The molecule has 0 aromatic heterocycles. The number of aliphatic imine (C=N–C) groups is 1. The fourth-order valence-electron chi connectivity index (χ4n) is 2.64. The molecule has 1 aliphatic rings. The summed E-state index contributed by atoms with van der Waals surface area (Å²) in [4.78, 5) is 4.60. The van der Waals surface area contributed by atoms with Gasteiger partial charge < -0.3 is 4.74 Å². The standard InChI is InChI=1S/C16H20BrNO/c1-5-12-7-14(17)6-11(2)15(12)13-8-16(3,10-19-4)18-9-13/h6-9H,5,10H2,1-4H3. The lowest BCUT2D eigenvalue weighted by Gasteiger charge is -2.17. The molecular formula is C16H20BrNO. The van der Waals surface area contributed by atoms with E-state index in [0.29, 0.717) is 6.61 Å². The van der Waals surface area contributed by atoms with Crippen molar-refractivity contribution in [2.75, 3.05) is 13.7 Å². The molecule has 0 bridgehead atoms. The molecule has 1 heterocycles. The summed E-state index contributed by atoms with van der Waals surface area (Å²) in [5.74, 6) is 0. The number of hydrogen-bond donors (Lipinski definition) is 0. The van der Waals surface area contributed by atoms with Gasteiger partial charge in [0.2, 0.25) is 0 Å². The lowest BCUT2D eigenvalue weighted by molar-refractivity contribution is 0.163. The number of allylic oxidation sites excluding steroid dienone is 1. The average Bonchev–Trinajstić information content (AvgIpc) is 2.70. The van der Waals surface area contributed by atoms with Crippen molar-refractivity contribution in [2.45, 2.75) is 32.7 Å². The van der Waals surface area contributed by atoms with Crippen LogP contribution in [-0.2, 0) is 11.2 Å². The summed E-state index contributed by atoms with van der Waals surface area (Å²) in [7, 11) is 1.72. The maximum absolute atomic E-state index is 5.25. The molecule has 0 radical (unpaired) electrons. The van der Waals surface area contributed by atoms with E-state index in [0.717, 1.165) is 10.9 Å². The smallest absolute Gasteiger partial charge is 0.100 e. The van der Waals surface area contributed by atoms with Crippen molar-refractivity contribution < 1.29 is 4.74 Å². The molecule has 0 saturated heterocycles. The Kier molecular flexibility index (Phi) is 4.26. The highest BCUT2D eigenvalue weighted by molar-refractivity contribution is 9.10. The summed E-state index contributed by atoms with van der Waals surface area (Å²) >= 11 is 3.57. The number of ether oxygens (including phenoxy) is 1. The van der Waals surface area contributed by atoms with Gasteiger partial charge in [0.15, 0.2) is 0 Å². The van der Waals surface area contributed by atoms with Crippen molar-refractivity contribution in [1.29, 1.82) is 0 Å². The fraction of sp³-hybridized carbons (Fsp3) is 0.438. The zero-order valence-corrected chi connectivity index (χ0v) is 13.5. The van der Waals surface area contributed by atoms with Gasteiger partial charge in [0.25, 0.3) is 0 Å². The first-order valence-electron chi connectivity index (χ1n) is 6.55. The van der Waals surface area contributed by atoms with Crippen LogP contribution in [0.25, 0.3) is 5.57 Å². The largest absolute Gasteiger partial charge is 0.382 e. The summed E-state index contributed by atoms with van der Waals surface area (Å²) in [6.45, 7) is 7.05. The van der Waals surface area contributed by atoms with Gasteiger partial charge in [0.05, 0.1) is 6.61 Å². The van der Waals surface area contributed by atoms with E-state index in [1.807, 2.05) is 6.21 Å². The first-order valence-corrected chi connectivity index (χ1v) is 7.35. The van der Waals surface area contributed by atoms with E-state index < -0.39 is 0 Å². The Hall–Kier alpha value is -0.930. The van der Waals surface area contributed by atoms with Gasteiger partial charge in [-0.05, 0) is 60.7 Å². The van der Waals surface area contributed by atoms with Gasteiger partial charge in [-0.2, -0.15) is 0 Å². The molecule has 19 heavy (non-hydrogen) atoms. The van der Waals surface area contributed by atoms with Crippen LogP contribution in [0, 0.1) is 6.92 Å². The first kappa shape index (κ1) is 14.5. The summed E-state index contributed by atoms with van der Waals surface area (Å²) in [5, 5.41) is 0. The van der Waals surface area contributed by atoms with Crippen LogP contribution in [0.4, 0.5) is 0 Å². The zero-order chi connectivity index (χ0) is 14.0. The highest BCUT2D eigenvalue weighted by Gasteiger charge is 2.26. The lowest BCUT2D eigenvalue weighted by atomic mass is 9.92. The molecule has 0 spiro atoms. The highest BCUT2D eigenvalue weighted by Crippen LogP contribution is 2.32. The summed E-state index contributed by atoms with van der Waals surface area (Å²) in [6.07, 6.45) is 5.21. The van der Waals surface area contributed by atoms with Gasteiger partial charge in [-0.15, -0.1) is 0 Å². The Labute approximate surface area is 123 Å². The molecule has 2 rings (SSSR count). The van der Waals surface area contributed by atoms with Crippen molar-refractivity contribution in [2.24, 2.45) is 4.99 Å². The van der Waals surface area contributed by atoms with E-state index >= 15 is 0 Å². The van der Waals surface area contributed by atoms with Crippen LogP contribution in [-0.4, -0.2) is 25.5 Å². The number of hydrogen-bond acceptors (Lipinski definition) is 2. The molecule has 0 amide bonds. The van der Waals surface area contributed by atoms with Crippen LogP contribution in [0.15, 0.2) is 27.7 Å². The Morgan fingerprint density at radius 3 is 2.74 bits per heavy atom.